The summed E-state index contributed by atoms with van der Waals surface area (Å²) in [6, 6.07) is 0. The Labute approximate surface area is 173 Å². The van der Waals surface area contributed by atoms with E-state index in [1.165, 1.54) is 13.8 Å². The number of hydroxylamine groups is 2. The molecule has 0 bridgehead atoms. The van der Waals surface area contributed by atoms with Crippen LogP contribution in [0.25, 0.3) is 0 Å². The summed E-state index contributed by atoms with van der Waals surface area (Å²) in [6.45, 7) is 10.1. The smallest absolute Gasteiger partial charge is 0.365 e. The molecule has 0 aromatic carbocycles. The van der Waals surface area contributed by atoms with Crippen molar-refractivity contribution >= 4 is 29.7 Å². The summed E-state index contributed by atoms with van der Waals surface area (Å²) in [5.74, 6) is -5.82. The molecule has 2 aliphatic heterocycles. The topological polar surface area (TPSA) is 135 Å². The molecule has 166 valence electrons. The van der Waals surface area contributed by atoms with Gasteiger partial charge in [0.15, 0.2) is 18.0 Å². The van der Waals surface area contributed by atoms with E-state index < -0.39 is 53.8 Å². The molecular weight excluding hydrogens is 402 g/mol. The summed E-state index contributed by atoms with van der Waals surface area (Å²) in [5, 5.41) is 0.329. The van der Waals surface area contributed by atoms with E-state index in [0.29, 0.717) is 5.06 Å². The fourth-order valence-corrected chi connectivity index (χ4v) is 2.62. The van der Waals surface area contributed by atoms with Gasteiger partial charge in [-0.2, -0.15) is 0 Å². The molecule has 30 heavy (non-hydrogen) atoms. The van der Waals surface area contributed by atoms with Crippen LogP contribution in [0.15, 0.2) is 12.7 Å². The van der Waals surface area contributed by atoms with E-state index in [9.17, 15) is 24.0 Å². The van der Waals surface area contributed by atoms with Crippen molar-refractivity contribution in [2.75, 3.05) is 6.61 Å². The first kappa shape index (κ1) is 23.5. The van der Waals surface area contributed by atoms with Crippen molar-refractivity contribution in [2.45, 2.75) is 64.6 Å². The van der Waals surface area contributed by atoms with Gasteiger partial charge in [-0.05, 0) is 25.8 Å². The highest BCUT2D eigenvalue weighted by molar-refractivity contribution is 6.02. The van der Waals surface area contributed by atoms with Crippen molar-refractivity contribution in [3.63, 3.8) is 0 Å². The molecule has 2 rings (SSSR count). The van der Waals surface area contributed by atoms with Crippen molar-refractivity contribution < 1.29 is 47.8 Å². The van der Waals surface area contributed by atoms with Crippen LogP contribution in [-0.2, 0) is 47.8 Å². The minimum Gasteiger partial charge on any atom is -0.462 e. The minimum absolute atomic E-state index is 0.0673. The van der Waals surface area contributed by atoms with Crippen LogP contribution in [0.1, 0.15) is 40.5 Å². The summed E-state index contributed by atoms with van der Waals surface area (Å²) < 4.78 is 20.9. The van der Waals surface area contributed by atoms with E-state index in [-0.39, 0.29) is 25.4 Å². The van der Waals surface area contributed by atoms with Gasteiger partial charge in [0.2, 0.25) is 6.10 Å². The Bertz CT molecular complexity index is 728. The molecule has 0 aliphatic carbocycles. The molecule has 0 aromatic heterocycles. The highest BCUT2D eigenvalue weighted by Gasteiger charge is 2.52. The number of rotatable bonds is 8. The summed E-state index contributed by atoms with van der Waals surface area (Å²) >= 11 is 0. The van der Waals surface area contributed by atoms with E-state index in [1.54, 1.807) is 0 Å². The summed E-state index contributed by atoms with van der Waals surface area (Å²) in [6.07, 6.45) is -3.79. The van der Waals surface area contributed by atoms with Gasteiger partial charge in [-0.25, -0.2) is 14.4 Å². The lowest BCUT2D eigenvalue weighted by atomic mass is 10.2. The average molecular weight is 427 g/mol. The maximum Gasteiger partial charge on any atom is 0.365 e. The third-order valence-corrected chi connectivity index (χ3v) is 4.00. The fourth-order valence-electron chi connectivity index (χ4n) is 2.62. The largest absolute Gasteiger partial charge is 0.462 e. The Balaban J connectivity index is 2.08. The standard InChI is InChI=1S/C19H25NO10/c1-6-11(16(23)26-9-10(2)3)27-17(24)14-15(29-19(4,5)28-14)18(25)30-20-12(21)7-8-13(20)22/h6,10-11,14-15H,1,7-9H2,2-5H3/t11-,14+,15+/m0/s1. The lowest BCUT2D eigenvalue weighted by Crippen LogP contribution is -2.44. The Hall–Kier alpha value is -2.79. The number of hydrogen-bond acceptors (Lipinski definition) is 10. The predicted molar refractivity (Wildman–Crippen MR) is 96.9 cm³/mol. The number of carbonyl (C=O) groups excluding carboxylic acids is 5. The van der Waals surface area contributed by atoms with Crippen LogP contribution in [0.5, 0.6) is 0 Å². The molecule has 2 aliphatic rings. The number of ether oxygens (including phenoxy) is 4. The average Bonchev–Trinajstić information content (AvgIpc) is 3.16. The molecule has 2 amide bonds. The normalized spacial score (nSPS) is 24.0. The van der Waals surface area contributed by atoms with Crippen LogP contribution in [0.4, 0.5) is 0 Å². The van der Waals surface area contributed by atoms with E-state index in [4.69, 9.17) is 23.8 Å². The quantitative estimate of drug-likeness (QED) is 0.304. The van der Waals surface area contributed by atoms with Crippen molar-refractivity contribution in [3.8, 4) is 0 Å². The molecule has 0 aromatic rings. The molecule has 11 heteroatoms. The van der Waals surface area contributed by atoms with Crippen LogP contribution in [0.3, 0.4) is 0 Å². The molecule has 3 atom stereocenters. The molecular formula is C19H25NO10. The molecule has 0 unspecified atom stereocenters. The molecule has 0 spiro atoms. The van der Waals surface area contributed by atoms with Crippen LogP contribution >= 0.6 is 0 Å². The SMILES string of the molecule is C=C[C@H](OC(=O)[C@@H]1OC(C)(C)O[C@H]1C(=O)ON1C(=O)CCC1=O)C(=O)OCC(C)C. The van der Waals surface area contributed by atoms with Crippen LogP contribution in [0, 0.1) is 5.92 Å². The summed E-state index contributed by atoms with van der Waals surface area (Å²) in [5.41, 5.74) is 0. The highest BCUT2D eigenvalue weighted by Crippen LogP contribution is 2.30. The second-order valence-electron chi connectivity index (χ2n) is 7.59. The van der Waals surface area contributed by atoms with Crippen LogP contribution in [-0.4, -0.2) is 65.5 Å². The van der Waals surface area contributed by atoms with Crippen molar-refractivity contribution in [3.05, 3.63) is 12.7 Å². The minimum atomic E-state index is -1.63. The first-order chi connectivity index (χ1) is 13.9. The Kier molecular flexibility index (Phi) is 7.32. The van der Waals surface area contributed by atoms with E-state index >= 15 is 0 Å². The summed E-state index contributed by atoms with van der Waals surface area (Å²) in [4.78, 5) is 65.2. The van der Waals surface area contributed by atoms with E-state index in [2.05, 4.69) is 6.58 Å². The zero-order chi connectivity index (χ0) is 22.6. The fraction of sp³-hybridized carbons (Fsp3) is 0.632. The van der Waals surface area contributed by atoms with Gasteiger partial charge >= 0.3 is 17.9 Å². The van der Waals surface area contributed by atoms with Gasteiger partial charge in [0.25, 0.3) is 11.8 Å². The van der Waals surface area contributed by atoms with Gasteiger partial charge in [-0.15, -0.1) is 5.06 Å². The van der Waals surface area contributed by atoms with Crippen molar-refractivity contribution in [1.29, 1.82) is 0 Å². The second-order valence-corrected chi connectivity index (χ2v) is 7.59. The maximum atomic E-state index is 12.6. The number of imide groups is 1. The van der Waals surface area contributed by atoms with Gasteiger partial charge < -0.3 is 23.8 Å². The first-order valence-corrected chi connectivity index (χ1v) is 9.38. The van der Waals surface area contributed by atoms with Crippen LogP contribution < -0.4 is 0 Å². The van der Waals surface area contributed by atoms with Gasteiger partial charge in [-0.3, -0.25) is 9.59 Å². The molecule has 0 radical (unpaired) electrons. The Morgan fingerprint density at radius 2 is 1.67 bits per heavy atom. The maximum absolute atomic E-state index is 12.6. The number of esters is 2. The zero-order valence-electron chi connectivity index (χ0n) is 17.2. The molecule has 11 nitrogen and oxygen atoms in total. The third-order valence-electron chi connectivity index (χ3n) is 4.00. The van der Waals surface area contributed by atoms with Gasteiger partial charge in [0.05, 0.1) is 6.61 Å². The Morgan fingerprint density at radius 3 is 2.17 bits per heavy atom. The third kappa shape index (κ3) is 5.63. The predicted octanol–water partition coefficient (Wildman–Crippen LogP) is 0.411. The Morgan fingerprint density at radius 1 is 1.13 bits per heavy atom. The number of hydrogen-bond donors (Lipinski definition) is 0. The number of carbonyl (C=O) groups is 5. The van der Waals surface area contributed by atoms with Gasteiger partial charge in [-0.1, -0.05) is 20.4 Å². The zero-order valence-corrected chi connectivity index (χ0v) is 17.2. The van der Waals surface area contributed by atoms with E-state index in [0.717, 1.165) is 6.08 Å². The molecule has 0 saturated carbocycles. The van der Waals surface area contributed by atoms with Crippen molar-refractivity contribution in [1.82, 2.24) is 5.06 Å². The lowest BCUT2D eigenvalue weighted by Gasteiger charge is -2.19. The van der Waals surface area contributed by atoms with Crippen molar-refractivity contribution in [2.24, 2.45) is 5.92 Å². The lowest BCUT2D eigenvalue weighted by molar-refractivity contribution is -0.208. The van der Waals surface area contributed by atoms with Gasteiger partial charge in [0, 0.05) is 12.8 Å². The molecule has 2 heterocycles. The number of amides is 2. The molecule has 0 N–H and O–H groups in total. The number of nitrogens with zero attached hydrogens (tertiary/aromatic N) is 1. The van der Waals surface area contributed by atoms with Gasteiger partial charge in [0.1, 0.15) is 0 Å². The van der Waals surface area contributed by atoms with Crippen LogP contribution in [0.2, 0.25) is 0 Å². The highest BCUT2D eigenvalue weighted by atomic mass is 16.8. The monoisotopic (exact) mass is 427 g/mol. The molecule has 2 saturated heterocycles. The summed E-state index contributed by atoms with van der Waals surface area (Å²) in [7, 11) is 0. The van der Waals surface area contributed by atoms with E-state index in [1.807, 2.05) is 13.8 Å². The first-order valence-electron chi connectivity index (χ1n) is 9.38. The molecule has 2 fully saturated rings. The second kappa shape index (κ2) is 9.35.